The Labute approximate surface area is 138 Å². The maximum Gasteiger partial charge on any atom is 0.226 e. The Morgan fingerprint density at radius 2 is 2.23 bits per heavy atom. The molecule has 5 heteroatoms. The summed E-state index contributed by atoms with van der Waals surface area (Å²) in [5, 5.41) is 6.50. The van der Waals surface area contributed by atoms with Gasteiger partial charge in [-0.25, -0.2) is 0 Å². The number of nitrogens with one attached hydrogen (secondary N) is 2. The summed E-state index contributed by atoms with van der Waals surface area (Å²) in [5.41, 5.74) is 1.14. The molecule has 0 radical (unpaired) electrons. The fraction of sp³-hybridized carbons (Fsp3) is 0.588. The zero-order valence-corrected chi connectivity index (χ0v) is 13.7. The number of amides is 1. The Balaban J connectivity index is 0.00000176. The lowest BCUT2D eigenvalue weighted by Crippen LogP contribution is -2.39. The van der Waals surface area contributed by atoms with Crippen LogP contribution in [0.15, 0.2) is 24.3 Å². The Bertz CT molecular complexity index is 489. The summed E-state index contributed by atoms with van der Waals surface area (Å²) in [7, 11) is 0. The van der Waals surface area contributed by atoms with E-state index < -0.39 is 0 Å². The monoisotopic (exact) mass is 324 g/mol. The van der Waals surface area contributed by atoms with Gasteiger partial charge in [0.05, 0.1) is 5.92 Å². The van der Waals surface area contributed by atoms with Crippen LogP contribution in [0.5, 0.6) is 5.75 Å². The van der Waals surface area contributed by atoms with Gasteiger partial charge in [-0.05, 0) is 56.3 Å². The minimum atomic E-state index is -0.0515. The Kier molecular flexibility index (Phi) is 6.52. The molecule has 0 aromatic heterocycles. The van der Waals surface area contributed by atoms with Crippen LogP contribution in [0.4, 0.5) is 0 Å². The van der Waals surface area contributed by atoms with Crippen LogP contribution in [-0.4, -0.2) is 32.1 Å². The van der Waals surface area contributed by atoms with Gasteiger partial charge in [0.25, 0.3) is 0 Å². The molecule has 2 aliphatic heterocycles. The van der Waals surface area contributed by atoms with Crippen molar-refractivity contribution in [1.29, 1.82) is 0 Å². The number of hydrogen-bond acceptors (Lipinski definition) is 3. The van der Waals surface area contributed by atoms with E-state index in [9.17, 15) is 4.79 Å². The minimum absolute atomic E-state index is 0. The second kappa shape index (κ2) is 8.39. The van der Waals surface area contributed by atoms with Crippen LogP contribution < -0.4 is 15.4 Å². The molecule has 0 spiro atoms. The van der Waals surface area contributed by atoms with Crippen LogP contribution in [0.25, 0.3) is 0 Å². The summed E-state index contributed by atoms with van der Waals surface area (Å²) in [6.07, 6.45) is 4.39. The Hall–Kier alpha value is -1.26. The summed E-state index contributed by atoms with van der Waals surface area (Å²) in [5.74, 6) is 1.72. The highest BCUT2D eigenvalue weighted by Crippen LogP contribution is 2.26. The molecular formula is C17H25ClN2O2. The molecule has 2 N–H and O–H groups in total. The zero-order valence-electron chi connectivity index (χ0n) is 12.8. The van der Waals surface area contributed by atoms with Gasteiger partial charge in [-0.15, -0.1) is 12.4 Å². The first-order valence-corrected chi connectivity index (χ1v) is 8.02. The van der Waals surface area contributed by atoms with Crippen molar-refractivity contribution >= 4 is 18.3 Å². The smallest absolute Gasteiger partial charge is 0.226 e. The number of carbonyl (C=O) groups excluding carboxylic acids is 1. The van der Waals surface area contributed by atoms with Gasteiger partial charge in [-0.2, -0.15) is 0 Å². The molecule has 4 nitrogen and oxygen atoms in total. The maximum absolute atomic E-state index is 12.2. The van der Waals surface area contributed by atoms with Crippen molar-refractivity contribution in [3.05, 3.63) is 29.8 Å². The standard InChI is InChI=1S/C17H24N2O2.ClH/c20-17(19-9-7-13-4-3-8-18-11-13)15-10-14-5-1-2-6-16(14)21-12-15;/h1-2,5-6,13,15,18H,3-4,7-12H2,(H,19,20);1H. The summed E-state index contributed by atoms with van der Waals surface area (Å²) in [6.45, 7) is 3.51. The maximum atomic E-state index is 12.2. The molecule has 1 aromatic rings. The average Bonchev–Trinajstić information content (AvgIpc) is 2.55. The van der Waals surface area contributed by atoms with E-state index in [0.717, 1.165) is 43.8 Å². The second-order valence-electron chi connectivity index (χ2n) is 6.11. The normalized spacial score (nSPS) is 23.6. The van der Waals surface area contributed by atoms with Crippen LogP contribution in [0, 0.1) is 11.8 Å². The lowest BCUT2D eigenvalue weighted by molar-refractivity contribution is -0.126. The molecule has 0 aliphatic carbocycles. The first-order valence-electron chi connectivity index (χ1n) is 8.02. The zero-order chi connectivity index (χ0) is 14.5. The predicted octanol–water partition coefficient (Wildman–Crippen LogP) is 2.17. The van der Waals surface area contributed by atoms with E-state index in [4.69, 9.17) is 4.74 Å². The summed E-state index contributed by atoms with van der Waals surface area (Å²) >= 11 is 0. The summed E-state index contributed by atoms with van der Waals surface area (Å²) in [4.78, 5) is 12.2. The van der Waals surface area contributed by atoms with Gasteiger partial charge in [0.15, 0.2) is 0 Å². The van der Waals surface area contributed by atoms with Crippen molar-refractivity contribution < 1.29 is 9.53 Å². The predicted molar refractivity (Wildman–Crippen MR) is 89.6 cm³/mol. The number of piperidine rings is 1. The number of ether oxygens (including phenoxy) is 1. The van der Waals surface area contributed by atoms with Crippen molar-refractivity contribution in [1.82, 2.24) is 10.6 Å². The quantitative estimate of drug-likeness (QED) is 0.892. The van der Waals surface area contributed by atoms with Gasteiger partial charge >= 0.3 is 0 Å². The lowest BCUT2D eigenvalue weighted by Gasteiger charge is -2.25. The van der Waals surface area contributed by atoms with Gasteiger partial charge in [0, 0.05) is 6.54 Å². The van der Waals surface area contributed by atoms with Crippen LogP contribution in [0.2, 0.25) is 0 Å². The molecule has 2 aliphatic rings. The second-order valence-corrected chi connectivity index (χ2v) is 6.11. The SMILES string of the molecule is Cl.O=C(NCCC1CCCNC1)C1COc2ccccc2C1. The van der Waals surface area contributed by atoms with Crippen LogP contribution in [-0.2, 0) is 11.2 Å². The molecule has 122 valence electrons. The van der Waals surface area contributed by atoms with E-state index in [2.05, 4.69) is 10.6 Å². The molecule has 2 unspecified atom stereocenters. The molecule has 0 saturated carbocycles. The minimum Gasteiger partial charge on any atom is -0.492 e. The number of hydrogen-bond donors (Lipinski definition) is 2. The van der Waals surface area contributed by atoms with Crippen LogP contribution in [0.3, 0.4) is 0 Å². The van der Waals surface area contributed by atoms with E-state index in [1.54, 1.807) is 0 Å². The highest BCUT2D eigenvalue weighted by molar-refractivity contribution is 5.85. The molecular weight excluding hydrogens is 300 g/mol. The number of halogens is 1. The average molecular weight is 325 g/mol. The summed E-state index contributed by atoms with van der Waals surface area (Å²) < 4.78 is 5.68. The molecule has 2 heterocycles. The molecule has 0 bridgehead atoms. The molecule has 1 saturated heterocycles. The van der Waals surface area contributed by atoms with Gasteiger partial charge < -0.3 is 15.4 Å². The number of fused-ring (bicyclic) bond motifs is 1. The van der Waals surface area contributed by atoms with Gasteiger partial charge in [0.1, 0.15) is 12.4 Å². The third kappa shape index (κ3) is 4.37. The topological polar surface area (TPSA) is 50.4 Å². The fourth-order valence-electron chi connectivity index (χ4n) is 3.21. The van der Waals surface area contributed by atoms with Gasteiger partial charge in [-0.1, -0.05) is 18.2 Å². The highest BCUT2D eigenvalue weighted by atomic mass is 35.5. The number of carbonyl (C=O) groups is 1. The molecule has 1 aromatic carbocycles. The first-order chi connectivity index (χ1) is 10.3. The van der Waals surface area contributed by atoms with Crippen LogP contribution in [0.1, 0.15) is 24.8 Å². The van der Waals surface area contributed by atoms with E-state index in [-0.39, 0.29) is 24.2 Å². The lowest BCUT2D eigenvalue weighted by atomic mass is 9.95. The van der Waals surface area contributed by atoms with Crippen molar-refractivity contribution in [2.45, 2.75) is 25.7 Å². The molecule has 2 atom stereocenters. The van der Waals surface area contributed by atoms with Gasteiger partial charge in [0.2, 0.25) is 5.91 Å². The van der Waals surface area contributed by atoms with E-state index >= 15 is 0 Å². The highest BCUT2D eigenvalue weighted by Gasteiger charge is 2.25. The van der Waals surface area contributed by atoms with E-state index in [0.29, 0.717) is 12.5 Å². The van der Waals surface area contributed by atoms with Crippen molar-refractivity contribution in [2.75, 3.05) is 26.2 Å². The number of rotatable bonds is 4. The number of benzene rings is 1. The molecule has 1 amide bonds. The molecule has 22 heavy (non-hydrogen) atoms. The third-order valence-electron chi connectivity index (χ3n) is 4.50. The van der Waals surface area contributed by atoms with Crippen LogP contribution >= 0.6 is 12.4 Å². The third-order valence-corrected chi connectivity index (χ3v) is 4.50. The van der Waals surface area contributed by atoms with Crippen molar-refractivity contribution in [3.8, 4) is 5.75 Å². The Morgan fingerprint density at radius 1 is 1.36 bits per heavy atom. The Morgan fingerprint density at radius 3 is 3.05 bits per heavy atom. The van der Waals surface area contributed by atoms with Crippen molar-refractivity contribution in [2.24, 2.45) is 11.8 Å². The molecule has 1 fully saturated rings. The van der Waals surface area contributed by atoms with Gasteiger partial charge in [-0.3, -0.25) is 4.79 Å². The molecule has 3 rings (SSSR count). The van der Waals surface area contributed by atoms with Crippen molar-refractivity contribution in [3.63, 3.8) is 0 Å². The number of para-hydroxylation sites is 1. The van der Waals surface area contributed by atoms with E-state index in [1.807, 2.05) is 24.3 Å². The largest absolute Gasteiger partial charge is 0.492 e. The summed E-state index contributed by atoms with van der Waals surface area (Å²) in [6, 6.07) is 7.98. The first kappa shape index (κ1) is 17.1. The van der Waals surface area contributed by atoms with E-state index in [1.165, 1.54) is 12.8 Å². The fourth-order valence-corrected chi connectivity index (χ4v) is 3.21.